The smallest absolute Gasteiger partial charge is 0.416 e. The Hall–Kier alpha value is -3.18. The fourth-order valence-electron chi connectivity index (χ4n) is 1.87. The van der Waals surface area contributed by atoms with Gasteiger partial charge in [0, 0.05) is 6.54 Å². The van der Waals surface area contributed by atoms with E-state index in [1.54, 1.807) is 13.0 Å². The van der Waals surface area contributed by atoms with Crippen LogP contribution in [0.15, 0.2) is 22.8 Å². The van der Waals surface area contributed by atoms with Crippen molar-refractivity contribution in [2.75, 3.05) is 6.54 Å². The third-order valence-corrected chi connectivity index (χ3v) is 3.00. The summed E-state index contributed by atoms with van der Waals surface area (Å²) in [6.07, 6.45) is -0.0475. The number of carbonyl (C=O) groups excluding carboxylic acids is 3. The van der Waals surface area contributed by atoms with E-state index in [4.69, 9.17) is 20.9 Å². The van der Waals surface area contributed by atoms with Gasteiger partial charge < -0.3 is 26.1 Å². The molecule has 1 aromatic carbocycles. The highest BCUT2D eigenvalue weighted by Crippen LogP contribution is 2.25. The lowest BCUT2D eigenvalue weighted by Gasteiger charge is -2.11. The van der Waals surface area contributed by atoms with Crippen LogP contribution in [0.1, 0.15) is 32.8 Å². The second-order valence-corrected chi connectivity index (χ2v) is 4.80. The van der Waals surface area contributed by atoms with Gasteiger partial charge in [0.25, 0.3) is 0 Å². The molecule has 0 radical (unpaired) electrons. The van der Waals surface area contributed by atoms with Crippen LogP contribution < -0.4 is 25.8 Å². The van der Waals surface area contributed by atoms with Gasteiger partial charge in [-0.2, -0.15) is 0 Å². The monoisotopic (exact) mass is 386 g/mol. The predicted octanol–water partition coefficient (Wildman–Crippen LogP) is -0.389. The molecule has 2 rings (SSSR count). The number of carbonyl (C=O) groups is 3. The number of amides is 1. The zero-order valence-corrected chi connectivity index (χ0v) is 14.3. The van der Waals surface area contributed by atoms with Gasteiger partial charge in [0.2, 0.25) is 0 Å². The second-order valence-electron chi connectivity index (χ2n) is 4.80. The van der Waals surface area contributed by atoms with Crippen molar-refractivity contribution in [3.05, 3.63) is 40.2 Å². The molecule has 0 atom stereocenters. The van der Waals surface area contributed by atoms with Gasteiger partial charge in [0.05, 0.1) is 11.6 Å². The van der Waals surface area contributed by atoms with Crippen molar-refractivity contribution in [1.29, 1.82) is 0 Å². The minimum absolute atomic E-state index is 0. The number of hydrogen-bond acceptors (Lipinski definition) is 9. The first-order chi connectivity index (χ1) is 11.8. The van der Waals surface area contributed by atoms with Gasteiger partial charge in [-0.1, -0.05) is 12.1 Å². The maximum absolute atomic E-state index is 12.3. The van der Waals surface area contributed by atoms with Crippen molar-refractivity contribution in [3.8, 4) is 11.6 Å². The van der Waals surface area contributed by atoms with E-state index in [2.05, 4.69) is 9.79 Å². The summed E-state index contributed by atoms with van der Waals surface area (Å²) in [4.78, 5) is 34.9. The summed E-state index contributed by atoms with van der Waals surface area (Å²) in [5, 5.41) is 14.4. The second kappa shape index (κ2) is 8.78. The summed E-state index contributed by atoms with van der Waals surface area (Å²) < 4.78 is 14.2. The average molecular weight is 387 g/mol. The van der Waals surface area contributed by atoms with Gasteiger partial charge in [-0.05, 0) is 23.5 Å². The first kappa shape index (κ1) is 20.9. The van der Waals surface area contributed by atoms with E-state index in [9.17, 15) is 19.6 Å². The molecule has 1 heterocycles. The third kappa shape index (κ3) is 4.46. The molecule has 1 aromatic heterocycles. The highest BCUT2D eigenvalue weighted by Gasteiger charge is 2.30. The molecule has 0 spiro atoms. The van der Waals surface area contributed by atoms with E-state index in [1.165, 1.54) is 12.1 Å². The molecule has 1 amide bonds. The Bertz CT molecular complexity index is 837. The van der Waals surface area contributed by atoms with E-state index < -0.39 is 29.4 Å². The minimum atomic E-state index is -1.20. The molecule has 140 valence electrons. The molecule has 0 unspecified atom stereocenters. The topological polar surface area (TPSA) is 175 Å². The van der Waals surface area contributed by atoms with Gasteiger partial charge in [-0.3, -0.25) is 14.2 Å². The fourth-order valence-corrected chi connectivity index (χ4v) is 1.87. The Kier molecular flexibility index (Phi) is 7.05. The van der Waals surface area contributed by atoms with Crippen molar-refractivity contribution in [2.24, 2.45) is 11.5 Å². The number of nitrogens with zero attached hydrogens (tertiary/aromatic N) is 2. The Morgan fingerprint density at radius 1 is 1.31 bits per heavy atom. The number of benzene rings is 1. The van der Waals surface area contributed by atoms with Crippen LogP contribution in [0.5, 0.6) is 11.6 Å². The molecule has 26 heavy (non-hydrogen) atoms. The highest BCUT2D eigenvalue weighted by atomic mass is 35.5. The lowest BCUT2D eigenvalue weighted by atomic mass is 10.1. The summed E-state index contributed by atoms with van der Waals surface area (Å²) >= 11 is 0. The Morgan fingerprint density at radius 3 is 2.62 bits per heavy atom. The van der Waals surface area contributed by atoms with Gasteiger partial charge in [0.15, 0.2) is 0 Å². The van der Waals surface area contributed by atoms with Crippen LogP contribution in [0.4, 0.5) is 0 Å². The molecule has 0 aliphatic heterocycles. The SMILES string of the molecule is Cc1cccc(C(=O)Oc2no[n+]([O-])c2C(N)=O)c1OC(=O)CCN.Cl. The third-order valence-electron chi connectivity index (χ3n) is 3.00. The average Bonchev–Trinajstić information content (AvgIpc) is 2.90. The van der Waals surface area contributed by atoms with Gasteiger partial charge in [-0.15, -0.1) is 12.4 Å². The van der Waals surface area contributed by atoms with E-state index >= 15 is 0 Å². The van der Waals surface area contributed by atoms with Crippen LogP contribution in [0.2, 0.25) is 0 Å². The molecule has 0 bridgehead atoms. The van der Waals surface area contributed by atoms with Crippen molar-refractivity contribution >= 4 is 30.3 Å². The first-order valence-electron chi connectivity index (χ1n) is 6.97. The number of nitrogens with two attached hydrogens (primary N) is 2. The van der Waals surface area contributed by atoms with Crippen LogP contribution in [-0.2, 0) is 4.79 Å². The van der Waals surface area contributed by atoms with Crippen molar-refractivity contribution in [1.82, 2.24) is 5.16 Å². The molecule has 12 heteroatoms. The maximum Gasteiger partial charge on any atom is 0.416 e. The molecular weight excluding hydrogens is 372 g/mol. The molecule has 2 aromatic rings. The lowest BCUT2D eigenvalue weighted by molar-refractivity contribution is -0.803. The molecule has 11 nitrogen and oxygen atoms in total. The summed E-state index contributed by atoms with van der Waals surface area (Å²) in [5.41, 5.74) is 9.86. The number of rotatable bonds is 6. The zero-order chi connectivity index (χ0) is 18.6. The lowest BCUT2D eigenvalue weighted by Crippen LogP contribution is -2.34. The van der Waals surface area contributed by atoms with Crippen LogP contribution in [-0.4, -0.2) is 29.5 Å². The highest BCUT2D eigenvalue weighted by molar-refractivity contribution is 5.97. The molecule has 0 aliphatic rings. The van der Waals surface area contributed by atoms with Crippen molar-refractivity contribution in [2.45, 2.75) is 13.3 Å². The number of aryl methyl sites for hydroxylation is 1. The normalized spacial score (nSPS) is 9.92. The van der Waals surface area contributed by atoms with Crippen LogP contribution in [0.25, 0.3) is 0 Å². The molecule has 0 aliphatic carbocycles. The molecular formula is C14H15ClN4O7. The van der Waals surface area contributed by atoms with E-state index in [0.717, 1.165) is 0 Å². The summed E-state index contributed by atoms with van der Waals surface area (Å²) in [6, 6.07) is 4.46. The largest absolute Gasteiger partial charge is 0.425 e. The number of aromatic nitrogens is 2. The van der Waals surface area contributed by atoms with Crippen LogP contribution in [0, 0.1) is 12.1 Å². The standard InChI is InChI=1S/C14H14N4O7.ClH/c1-7-3-2-4-8(11(7)23-9(19)5-6-15)14(21)24-13-10(12(16)20)18(22)25-17-13;/h2-4H,5-6,15H2,1H3,(H2,16,20);1H. The van der Waals surface area contributed by atoms with Gasteiger partial charge >= 0.3 is 29.4 Å². The van der Waals surface area contributed by atoms with E-state index in [-0.39, 0.29) is 41.6 Å². The number of ether oxygens (including phenoxy) is 2. The Balaban J connectivity index is 0.00000338. The number of halogens is 1. The predicted molar refractivity (Wildman–Crippen MR) is 86.7 cm³/mol. The zero-order valence-electron chi connectivity index (χ0n) is 13.5. The molecule has 0 saturated carbocycles. The number of hydrogen-bond donors (Lipinski definition) is 2. The van der Waals surface area contributed by atoms with Crippen molar-refractivity contribution in [3.63, 3.8) is 0 Å². The summed E-state index contributed by atoms with van der Waals surface area (Å²) in [5.74, 6) is -3.60. The maximum atomic E-state index is 12.3. The summed E-state index contributed by atoms with van der Waals surface area (Å²) in [7, 11) is 0. The summed E-state index contributed by atoms with van der Waals surface area (Å²) in [6.45, 7) is 1.69. The van der Waals surface area contributed by atoms with Crippen LogP contribution >= 0.6 is 12.4 Å². The van der Waals surface area contributed by atoms with E-state index in [1.807, 2.05) is 0 Å². The fraction of sp³-hybridized carbons (Fsp3) is 0.214. The molecule has 0 fully saturated rings. The molecule has 0 saturated heterocycles. The van der Waals surface area contributed by atoms with Crippen molar-refractivity contribution < 1.29 is 33.4 Å². The first-order valence-corrected chi connectivity index (χ1v) is 6.97. The number of primary amides is 1. The minimum Gasteiger partial charge on any atom is -0.425 e. The number of esters is 2. The van der Waals surface area contributed by atoms with Gasteiger partial charge in [-0.25, -0.2) is 4.79 Å². The Morgan fingerprint density at radius 2 is 2.00 bits per heavy atom. The Labute approximate surface area is 152 Å². The van der Waals surface area contributed by atoms with E-state index in [0.29, 0.717) is 5.56 Å². The quantitative estimate of drug-likeness (QED) is 0.380. The molecule has 4 N–H and O–H groups in total. The number of para-hydroxylation sites is 1. The van der Waals surface area contributed by atoms with Gasteiger partial charge in [0.1, 0.15) is 11.3 Å². The van der Waals surface area contributed by atoms with Crippen LogP contribution in [0.3, 0.4) is 0 Å².